The second kappa shape index (κ2) is 8.02. The highest BCUT2D eigenvalue weighted by atomic mass is 32.2. The first kappa shape index (κ1) is 19.3. The molecule has 0 radical (unpaired) electrons. The molecule has 9 heteroatoms. The molecule has 0 aliphatic rings. The Labute approximate surface area is 161 Å². The number of hydrogen-bond donors (Lipinski definition) is 2. The van der Waals surface area contributed by atoms with E-state index in [1.807, 2.05) is 6.07 Å². The minimum atomic E-state index is -3.51. The highest BCUT2D eigenvalue weighted by molar-refractivity contribution is 7.92. The Balaban J connectivity index is 2.06. The minimum Gasteiger partial charge on any atom is -0.343 e. The number of benzene rings is 2. The van der Waals surface area contributed by atoms with Gasteiger partial charge in [0.1, 0.15) is 11.9 Å². The number of anilines is 2. The van der Waals surface area contributed by atoms with E-state index in [0.29, 0.717) is 22.4 Å². The zero-order valence-corrected chi connectivity index (χ0v) is 15.6. The first-order chi connectivity index (χ1) is 13.4. The van der Waals surface area contributed by atoms with Crippen LogP contribution in [0.2, 0.25) is 0 Å². The molecule has 7 nitrogen and oxygen atoms in total. The fourth-order valence-corrected chi connectivity index (χ4v) is 3.21. The molecule has 0 saturated carbocycles. The van der Waals surface area contributed by atoms with E-state index in [4.69, 9.17) is 5.26 Å². The summed E-state index contributed by atoms with van der Waals surface area (Å²) in [5.74, 6) is -0.151. The van der Waals surface area contributed by atoms with Crippen molar-refractivity contribution >= 4 is 21.7 Å². The summed E-state index contributed by atoms with van der Waals surface area (Å²) in [6.07, 6.45) is 3.81. The smallest absolute Gasteiger partial charge is 0.229 e. The summed E-state index contributed by atoms with van der Waals surface area (Å²) in [6, 6.07) is 14.0. The largest absolute Gasteiger partial charge is 0.343 e. The van der Waals surface area contributed by atoms with Gasteiger partial charge in [-0.1, -0.05) is 30.3 Å². The van der Waals surface area contributed by atoms with Crippen LogP contribution in [0.3, 0.4) is 0 Å². The Morgan fingerprint density at radius 3 is 2.32 bits per heavy atom. The van der Waals surface area contributed by atoms with Gasteiger partial charge in [0.25, 0.3) is 0 Å². The van der Waals surface area contributed by atoms with E-state index >= 15 is 0 Å². The van der Waals surface area contributed by atoms with Gasteiger partial charge in [-0.15, -0.1) is 0 Å². The molecule has 2 N–H and O–H groups in total. The first-order valence-corrected chi connectivity index (χ1v) is 10.1. The molecule has 28 heavy (non-hydrogen) atoms. The predicted molar refractivity (Wildman–Crippen MR) is 104 cm³/mol. The van der Waals surface area contributed by atoms with Crippen LogP contribution in [0.1, 0.15) is 22.7 Å². The molecule has 0 bridgehead atoms. The topological polar surface area (TPSA) is 108 Å². The number of hydrogen-bond acceptors (Lipinski definition) is 6. The SMILES string of the molecule is CS(=O)(=O)Nc1ccccc1C(Nc1ncc(C#N)cn1)c1ccc(F)cc1. The number of para-hydroxylation sites is 1. The lowest BCUT2D eigenvalue weighted by Crippen LogP contribution is -2.18. The van der Waals surface area contributed by atoms with Crippen molar-refractivity contribution in [3.63, 3.8) is 0 Å². The number of halogens is 1. The van der Waals surface area contributed by atoms with Crippen LogP contribution < -0.4 is 10.0 Å². The van der Waals surface area contributed by atoms with E-state index in [-0.39, 0.29) is 11.8 Å². The molecule has 2 aromatic carbocycles. The van der Waals surface area contributed by atoms with Crippen molar-refractivity contribution < 1.29 is 12.8 Å². The summed E-state index contributed by atoms with van der Waals surface area (Å²) >= 11 is 0. The normalized spacial score (nSPS) is 12.0. The highest BCUT2D eigenvalue weighted by Crippen LogP contribution is 2.31. The maximum atomic E-state index is 13.4. The highest BCUT2D eigenvalue weighted by Gasteiger charge is 2.20. The monoisotopic (exact) mass is 397 g/mol. The zero-order chi connectivity index (χ0) is 20.1. The van der Waals surface area contributed by atoms with Crippen molar-refractivity contribution in [2.24, 2.45) is 0 Å². The van der Waals surface area contributed by atoms with Crippen LogP contribution in [-0.2, 0) is 10.0 Å². The van der Waals surface area contributed by atoms with Crippen LogP contribution in [0, 0.1) is 17.1 Å². The van der Waals surface area contributed by atoms with Crippen LogP contribution in [0.15, 0.2) is 60.9 Å². The van der Waals surface area contributed by atoms with Crippen molar-refractivity contribution in [1.82, 2.24) is 9.97 Å². The molecule has 1 atom stereocenters. The molecular weight excluding hydrogens is 381 g/mol. The third-order valence-electron chi connectivity index (χ3n) is 3.82. The number of sulfonamides is 1. The maximum Gasteiger partial charge on any atom is 0.229 e. The van der Waals surface area contributed by atoms with E-state index in [0.717, 1.165) is 6.26 Å². The van der Waals surface area contributed by atoms with Crippen LogP contribution in [0.5, 0.6) is 0 Å². The summed E-state index contributed by atoms with van der Waals surface area (Å²) in [5.41, 5.74) is 1.97. The van der Waals surface area contributed by atoms with E-state index in [9.17, 15) is 12.8 Å². The first-order valence-electron chi connectivity index (χ1n) is 8.16. The Bertz CT molecular complexity index is 1110. The molecule has 0 saturated heterocycles. The second-order valence-electron chi connectivity index (χ2n) is 6.00. The minimum absolute atomic E-state index is 0.238. The Kier molecular flexibility index (Phi) is 5.52. The van der Waals surface area contributed by atoms with Gasteiger partial charge < -0.3 is 5.32 Å². The number of nitrogens with one attached hydrogen (secondary N) is 2. The van der Waals surface area contributed by atoms with Crippen molar-refractivity contribution in [2.45, 2.75) is 6.04 Å². The molecule has 1 unspecified atom stereocenters. The summed E-state index contributed by atoms with van der Waals surface area (Å²) in [4.78, 5) is 8.21. The number of aromatic nitrogens is 2. The quantitative estimate of drug-likeness (QED) is 0.662. The van der Waals surface area contributed by atoms with Crippen LogP contribution in [0.25, 0.3) is 0 Å². The van der Waals surface area contributed by atoms with Gasteiger partial charge in [-0.2, -0.15) is 5.26 Å². The fraction of sp³-hybridized carbons (Fsp3) is 0.105. The van der Waals surface area contributed by atoms with Gasteiger partial charge in [0, 0.05) is 5.56 Å². The average molecular weight is 397 g/mol. The third-order valence-corrected chi connectivity index (χ3v) is 4.42. The molecule has 0 aliphatic carbocycles. The molecule has 142 valence electrons. The molecule has 0 fully saturated rings. The lowest BCUT2D eigenvalue weighted by atomic mass is 9.97. The van der Waals surface area contributed by atoms with E-state index in [2.05, 4.69) is 20.0 Å². The van der Waals surface area contributed by atoms with Gasteiger partial charge in [0.2, 0.25) is 16.0 Å². The van der Waals surface area contributed by atoms with Gasteiger partial charge in [-0.25, -0.2) is 22.8 Å². The van der Waals surface area contributed by atoms with Crippen LogP contribution >= 0.6 is 0 Å². The lowest BCUT2D eigenvalue weighted by molar-refractivity contribution is 0.606. The van der Waals surface area contributed by atoms with E-state index in [1.165, 1.54) is 24.5 Å². The average Bonchev–Trinajstić information content (AvgIpc) is 2.67. The lowest BCUT2D eigenvalue weighted by Gasteiger charge is -2.22. The van der Waals surface area contributed by atoms with Crippen LogP contribution in [0.4, 0.5) is 16.0 Å². The molecule has 3 aromatic rings. The van der Waals surface area contributed by atoms with Gasteiger partial charge in [0.05, 0.1) is 35.9 Å². The Morgan fingerprint density at radius 1 is 1.07 bits per heavy atom. The van der Waals surface area contributed by atoms with E-state index < -0.39 is 16.1 Å². The molecule has 1 aromatic heterocycles. The summed E-state index contributed by atoms with van der Waals surface area (Å²) < 4.78 is 39.4. The Morgan fingerprint density at radius 2 is 1.71 bits per heavy atom. The predicted octanol–water partition coefficient (Wildman–Crippen LogP) is 3.06. The van der Waals surface area contributed by atoms with Crippen molar-refractivity contribution in [2.75, 3.05) is 16.3 Å². The summed E-state index contributed by atoms with van der Waals surface area (Å²) in [7, 11) is -3.51. The molecule has 0 spiro atoms. The third kappa shape index (κ3) is 4.81. The second-order valence-corrected chi connectivity index (χ2v) is 7.75. The number of rotatable bonds is 6. The van der Waals surface area contributed by atoms with Crippen molar-refractivity contribution in [3.8, 4) is 6.07 Å². The number of nitrogens with zero attached hydrogens (tertiary/aromatic N) is 3. The zero-order valence-electron chi connectivity index (χ0n) is 14.8. The van der Waals surface area contributed by atoms with Gasteiger partial charge in [0.15, 0.2) is 0 Å². The van der Waals surface area contributed by atoms with Crippen molar-refractivity contribution in [1.29, 1.82) is 5.26 Å². The molecule has 3 rings (SSSR count). The maximum absolute atomic E-state index is 13.4. The van der Waals surface area contributed by atoms with Gasteiger partial charge in [-0.05, 0) is 23.8 Å². The summed E-state index contributed by atoms with van der Waals surface area (Å²) in [6.45, 7) is 0. The van der Waals surface area contributed by atoms with Gasteiger partial charge >= 0.3 is 0 Å². The number of nitriles is 1. The fourth-order valence-electron chi connectivity index (χ4n) is 2.63. The molecule has 0 aliphatic heterocycles. The van der Waals surface area contributed by atoms with Crippen molar-refractivity contribution in [3.05, 3.63) is 83.4 Å². The molecule has 0 amide bonds. The summed E-state index contributed by atoms with van der Waals surface area (Å²) in [5, 5.41) is 12.0. The Hall–Kier alpha value is -3.51. The van der Waals surface area contributed by atoms with Crippen LogP contribution in [-0.4, -0.2) is 24.6 Å². The standard InChI is InChI=1S/C19H16FN5O2S/c1-28(26,27)25-17-5-3-2-4-16(17)18(14-6-8-15(20)9-7-14)24-19-22-11-13(10-21)12-23-19/h2-9,11-12,18,25H,1H3,(H,22,23,24). The molecule has 1 heterocycles. The van der Waals surface area contributed by atoms with Gasteiger partial charge in [-0.3, -0.25) is 4.72 Å². The molecular formula is C19H16FN5O2S. The van der Waals surface area contributed by atoms with E-state index in [1.54, 1.807) is 36.4 Å².